The number of amides is 1. The molecule has 1 aliphatic heterocycles. The number of allylic oxidation sites excluding steroid dienone is 4. The molecule has 2 aliphatic rings. The molecule has 86 valence electrons. The maximum atomic E-state index is 11.9. The SMILES string of the molecule is O=C1NC2=CC=C(I)CC2C1=Cc1ccc[nH]1. The van der Waals surface area contributed by atoms with Crippen LogP contribution < -0.4 is 5.32 Å². The van der Waals surface area contributed by atoms with Gasteiger partial charge in [0, 0.05) is 29.1 Å². The van der Waals surface area contributed by atoms with E-state index in [2.05, 4.69) is 39.0 Å². The molecule has 2 heterocycles. The first-order valence-corrected chi connectivity index (χ1v) is 6.54. The molecule has 0 spiro atoms. The molecular weight excluding hydrogens is 327 g/mol. The van der Waals surface area contributed by atoms with E-state index in [1.807, 2.05) is 30.5 Å². The van der Waals surface area contributed by atoms with Gasteiger partial charge in [-0.25, -0.2) is 0 Å². The molecule has 4 heteroatoms. The highest BCUT2D eigenvalue weighted by Crippen LogP contribution is 2.37. The van der Waals surface area contributed by atoms with Crippen LogP contribution in [0.15, 0.2) is 45.3 Å². The van der Waals surface area contributed by atoms with Crippen molar-refractivity contribution in [2.45, 2.75) is 6.42 Å². The standard InChI is InChI=1S/C13H11IN2O/c14-8-3-4-12-10(6-8)11(13(17)16-12)7-9-2-1-5-15-9/h1-5,7,10,15H,6H2,(H,16,17). The van der Waals surface area contributed by atoms with Gasteiger partial charge in [0.15, 0.2) is 0 Å². The molecule has 3 nitrogen and oxygen atoms in total. The van der Waals surface area contributed by atoms with E-state index in [1.54, 1.807) is 0 Å². The van der Waals surface area contributed by atoms with Gasteiger partial charge in [-0.2, -0.15) is 0 Å². The van der Waals surface area contributed by atoms with Gasteiger partial charge >= 0.3 is 0 Å². The van der Waals surface area contributed by atoms with Crippen molar-refractivity contribution in [2.24, 2.45) is 5.92 Å². The number of fused-ring (bicyclic) bond motifs is 1. The van der Waals surface area contributed by atoms with Gasteiger partial charge in [-0.1, -0.05) is 6.08 Å². The Balaban J connectivity index is 1.98. The van der Waals surface area contributed by atoms with E-state index in [1.165, 1.54) is 3.58 Å². The second kappa shape index (κ2) is 4.18. The summed E-state index contributed by atoms with van der Waals surface area (Å²) in [6.07, 6.45) is 8.78. The molecular formula is C13H11IN2O. The van der Waals surface area contributed by atoms with Crippen LogP contribution in [-0.4, -0.2) is 10.9 Å². The molecule has 1 aliphatic carbocycles. The molecule has 3 rings (SSSR count). The lowest BCUT2D eigenvalue weighted by Gasteiger charge is -2.14. The predicted molar refractivity (Wildman–Crippen MR) is 75.2 cm³/mol. The molecule has 0 bridgehead atoms. The fraction of sp³-hybridized carbons (Fsp3) is 0.154. The van der Waals surface area contributed by atoms with Crippen LogP contribution in [0.2, 0.25) is 0 Å². The number of H-pyrrole nitrogens is 1. The summed E-state index contributed by atoms with van der Waals surface area (Å²) in [5.41, 5.74) is 2.84. The summed E-state index contributed by atoms with van der Waals surface area (Å²) >= 11 is 2.32. The lowest BCUT2D eigenvalue weighted by atomic mass is 9.92. The first-order chi connectivity index (χ1) is 8.24. The van der Waals surface area contributed by atoms with Crippen molar-refractivity contribution in [3.05, 3.63) is 51.0 Å². The fourth-order valence-corrected chi connectivity index (χ4v) is 2.83. The highest BCUT2D eigenvalue weighted by Gasteiger charge is 2.34. The van der Waals surface area contributed by atoms with Crippen molar-refractivity contribution in [3.63, 3.8) is 0 Å². The molecule has 1 amide bonds. The summed E-state index contributed by atoms with van der Waals surface area (Å²) < 4.78 is 1.28. The third kappa shape index (κ3) is 1.97. The summed E-state index contributed by atoms with van der Waals surface area (Å²) in [4.78, 5) is 15.0. The van der Waals surface area contributed by atoms with E-state index in [0.717, 1.165) is 23.4 Å². The Morgan fingerprint density at radius 1 is 1.41 bits per heavy atom. The van der Waals surface area contributed by atoms with E-state index in [-0.39, 0.29) is 11.8 Å². The first-order valence-electron chi connectivity index (χ1n) is 5.46. The number of hydrogen-bond donors (Lipinski definition) is 2. The second-order valence-electron chi connectivity index (χ2n) is 4.17. The van der Waals surface area contributed by atoms with Crippen LogP contribution in [0.4, 0.5) is 0 Å². The Morgan fingerprint density at radius 3 is 3.06 bits per heavy atom. The van der Waals surface area contributed by atoms with Crippen LogP contribution in [0.5, 0.6) is 0 Å². The van der Waals surface area contributed by atoms with Crippen molar-refractivity contribution in [1.29, 1.82) is 0 Å². The van der Waals surface area contributed by atoms with E-state index in [4.69, 9.17) is 0 Å². The molecule has 0 saturated carbocycles. The monoisotopic (exact) mass is 338 g/mol. The molecule has 1 aromatic heterocycles. The van der Waals surface area contributed by atoms with Gasteiger partial charge in [-0.05, 0) is 56.9 Å². The largest absolute Gasteiger partial charge is 0.362 e. The number of hydrogen-bond acceptors (Lipinski definition) is 1. The van der Waals surface area contributed by atoms with Gasteiger partial charge in [0.2, 0.25) is 0 Å². The molecule has 1 saturated heterocycles. The lowest BCUT2D eigenvalue weighted by Crippen LogP contribution is -2.13. The summed E-state index contributed by atoms with van der Waals surface area (Å²) in [6.45, 7) is 0. The van der Waals surface area contributed by atoms with Crippen LogP contribution in [0.25, 0.3) is 6.08 Å². The first kappa shape index (κ1) is 10.8. The van der Waals surface area contributed by atoms with Gasteiger partial charge in [-0.3, -0.25) is 4.79 Å². The summed E-state index contributed by atoms with van der Waals surface area (Å²) in [7, 11) is 0. The third-order valence-corrected chi connectivity index (χ3v) is 3.85. The maximum absolute atomic E-state index is 11.9. The van der Waals surface area contributed by atoms with Gasteiger partial charge in [-0.15, -0.1) is 0 Å². The number of rotatable bonds is 1. The molecule has 1 aromatic rings. The molecule has 17 heavy (non-hydrogen) atoms. The minimum Gasteiger partial charge on any atom is -0.362 e. The Bertz CT molecular complexity index is 552. The van der Waals surface area contributed by atoms with Gasteiger partial charge in [0.1, 0.15) is 0 Å². The number of aromatic amines is 1. The zero-order valence-corrected chi connectivity index (χ0v) is 11.2. The quantitative estimate of drug-likeness (QED) is 0.600. The van der Waals surface area contributed by atoms with Gasteiger partial charge in [0.05, 0.1) is 0 Å². The highest BCUT2D eigenvalue weighted by atomic mass is 127. The fourth-order valence-electron chi connectivity index (χ4n) is 2.20. The molecule has 1 atom stereocenters. The second-order valence-corrected chi connectivity index (χ2v) is 5.56. The minimum absolute atomic E-state index is 0.0235. The average molecular weight is 338 g/mol. The van der Waals surface area contributed by atoms with Gasteiger partial charge < -0.3 is 10.3 Å². The molecule has 1 unspecified atom stereocenters. The van der Waals surface area contributed by atoms with Crippen LogP contribution in [0.1, 0.15) is 12.1 Å². The number of aromatic nitrogens is 1. The van der Waals surface area contributed by atoms with Crippen LogP contribution >= 0.6 is 22.6 Å². The number of carbonyl (C=O) groups is 1. The lowest BCUT2D eigenvalue weighted by molar-refractivity contribution is -0.115. The Hall–Kier alpha value is -1.30. The van der Waals surface area contributed by atoms with Crippen molar-refractivity contribution in [2.75, 3.05) is 0 Å². The van der Waals surface area contributed by atoms with Crippen molar-refractivity contribution >= 4 is 34.6 Å². The number of carbonyl (C=O) groups excluding carboxylic acids is 1. The van der Waals surface area contributed by atoms with E-state index >= 15 is 0 Å². The van der Waals surface area contributed by atoms with E-state index < -0.39 is 0 Å². The van der Waals surface area contributed by atoms with Crippen LogP contribution in [0, 0.1) is 5.92 Å². The predicted octanol–water partition coefficient (Wildman–Crippen LogP) is 2.75. The van der Waals surface area contributed by atoms with E-state index in [0.29, 0.717) is 0 Å². The summed E-state index contributed by atoms with van der Waals surface area (Å²) in [5.74, 6) is 0.220. The molecule has 2 N–H and O–H groups in total. The minimum atomic E-state index is 0.0235. The zero-order chi connectivity index (χ0) is 11.8. The number of halogens is 1. The third-order valence-electron chi connectivity index (χ3n) is 3.05. The number of nitrogens with one attached hydrogen (secondary N) is 2. The summed E-state index contributed by atoms with van der Waals surface area (Å²) in [6, 6.07) is 3.89. The van der Waals surface area contributed by atoms with Crippen molar-refractivity contribution in [3.8, 4) is 0 Å². The normalized spacial score (nSPS) is 25.4. The van der Waals surface area contributed by atoms with E-state index in [9.17, 15) is 4.79 Å². The van der Waals surface area contributed by atoms with Crippen LogP contribution in [-0.2, 0) is 4.79 Å². The summed E-state index contributed by atoms with van der Waals surface area (Å²) in [5, 5.41) is 2.93. The van der Waals surface area contributed by atoms with Gasteiger partial charge in [0.25, 0.3) is 5.91 Å². The smallest absolute Gasteiger partial charge is 0.252 e. The topological polar surface area (TPSA) is 44.9 Å². The van der Waals surface area contributed by atoms with Crippen molar-refractivity contribution < 1.29 is 4.79 Å². The Kier molecular flexibility index (Phi) is 2.66. The molecule has 1 fully saturated rings. The Morgan fingerprint density at radius 2 is 2.29 bits per heavy atom. The molecule has 0 radical (unpaired) electrons. The highest BCUT2D eigenvalue weighted by molar-refractivity contribution is 14.1. The molecule has 0 aromatic carbocycles. The maximum Gasteiger partial charge on any atom is 0.252 e. The van der Waals surface area contributed by atoms with Crippen molar-refractivity contribution in [1.82, 2.24) is 10.3 Å². The zero-order valence-electron chi connectivity index (χ0n) is 9.03. The van der Waals surface area contributed by atoms with Crippen LogP contribution in [0.3, 0.4) is 0 Å². The Labute approximate surface area is 113 Å². The average Bonchev–Trinajstić information content (AvgIpc) is 2.90.